The van der Waals surface area contributed by atoms with E-state index in [9.17, 15) is 0 Å². The fraction of sp³-hybridized carbons (Fsp3) is 0.600. The first-order valence-corrected chi connectivity index (χ1v) is 6.69. The molecular weight excluding hydrogens is 476 g/mol. The lowest BCUT2D eigenvalue weighted by Gasteiger charge is -2.21. The van der Waals surface area contributed by atoms with Crippen molar-refractivity contribution < 1.29 is 4.74 Å². The topological polar surface area (TPSA) is 9.23 Å². The largest absolute Gasteiger partial charge is 0.503 e. The Morgan fingerprint density at radius 3 is 2.18 bits per heavy atom. The van der Waals surface area contributed by atoms with E-state index in [-0.39, 0.29) is 6.97 Å². The summed E-state index contributed by atoms with van der Waals surface area (Å²) in [5, 5.41) is 0. The predicted molar refractivity (Wildman–Crippen MR) is 66.2 cm³/mol. The number of ether oxygens (including phenoxy) is 1. The molecule has 0 heterocycles. The zero-order chi connectivity index (χ0) is 9.07. The molecule has 0 amide bonds. The van der Waals surface area contributed by atoms with E-state index >= 15 is 0 Å². The fourth-order valence-corrected chi connectivity index (χ4v) is 2.00. The smallest absolute Gasteiger partial charge is 0.137 e. The van der Waals surface area contributed by atoms with Crippen molar-refractivity contribution in [2.45, 2.75) is 6.97 Å². The Morgan fingerprint density at radius 1 is 1.45 bits per heavy atom. The van der Waals surface area contributed by atoms with E-state index in [4.69, 9.17) is 4.74 Å². The lowest BCUT2D eigenvalue weighted by Crippen LogP contribution is -2.19. The fourth-order valence-electron chi connectivity index (χ4n) is 0.286. The van der Waals surface area contributed by atoms with Crippen molar-refractivity contribution in [2.75, 3.05) is 7.11 Å². The number of rotatable bonds is 3. The van der Waals surface area contributed by atoms with E-state index in [0.717, 1.165) is 4.48 Å². The van der Waals surface area contributed by atoms with Crippen molar-refractivity contribution in [1.82, 2.24) is 0 Å². The van der Waals surface area contributed by atoms with Crippen LogP contribution >= 0.6 is 79.6 Å². The minimum Gasteiger partial charge on any atom is -0.503 e. The van der Waals surface area contributed by atoms with Crippen LogP contribution in [-0.4, -0.2) is 14.1 Å². The maximum Gasteiger partial charge on any atom is 0.137 e. The molecule has 6 heteroatoms. The second-order valence-corrected chi connectivity index (χ2v) is 9.11. The SMILES string of the molecule is CO/C=C(\Br)C(Br)(Br)C(Br)Br. The van der Waals surface area contributed by atoms with Crippen LogP contribution in [-0.2, 0) is 4.74 Å². The molecule has 0 aliphatic rings. The molecule has 0 saturated heterocycles. The van der Waals surface area contributed by atoms with Crippen molar-refractivity contribution in [3.63, 3.8) is 0 Å². The van der Waals surface area contributed by atoms with E-state index in [1.54, 1.807) is 13.4 Å². The van der Waals surface area contributed by atoms with E-state index in [0.29, 0.717) is 0 Å². The van der Waals surface area contributed by atoms with Gasteiger partial charge in [0, 0.05) is 0 Å². The molecule has 0 spiro atoms. The number of halogens is 5. The van der Waals surface area contributed by atoms with Gasteiger partial charge in [-0.2, -0.15) is 0 Å². The summed E-state index contributed by atoms with van der Waals surface area (Å²) in [6.45, 7) is 0. The quantitative estimate of drug-likeness (QED) is 0.428. The van der Waals surface area contributed by atoms with Gasteiger partial charge in [0.05, 0.1) is 21.6 Å². The molecule has 0 aromatic rings. The van der Waals surface area contributed by atoms with Crippen LogP contribution in [0.1, 0.15) is 0 Å². The monoisotopic (exact) mass is 476 g/mol. The van der Waals surface area contributed by atoms with Crippen molar-refractivity contribution in [2.24, 2.45) is 0 Å². The highest BCUT2D eigenvalue weighted by Gasteiger charge is 2.33. The van der Waals surface area contributed by atoms with Gasteiger partial charge in [0.15, 0.2) is 0 Å². The van der Waals surface area contributed by atoms with Gasteiger partial charge in [0.2, 0.25) is 0 Å². The summed E-state index contributed by atoms with van der Waals surface area (Å²) in [5.74, 6) is 0. The van der Waals surface area contributed by atoms with Gasteiger partial charge in [0.1, 0.15) is 3.23 Å². The number of hydrogen-bond donors (Lipinski definition) is 0. The minimum atomic E-state index is -0.379. The van der Waals surface area contributed by atoms with E-state index in [1.165, 1.54) is 0 Å². The first kappa shape index (κ1) is 12.9. The molecule has 0 N–H and O–H groups in total. The zero-order valence-electron chi connectivity index (χ0n) is 5.45. The Balaban J connectivity index is 4.41. The lowest BCUT2D eigenvalue weighted by molar-refractivity contribution is 0.336. The Bertz CT molecular complexity index is 153. The van der Waals surface area contributed by atoms with E-state index in [1.807, 2.05) is 0 Å². The summed E-state index contributed by atoms with van der Waals surface area (Å²) in [5.41, 5.74) is 0. The third-order valence-electron chi connectivity index (χ3n) is 0.814. The first-order valence-electron chi connectivity index (χ1n) is 2.47. The van der Waals surface area contributed by atoms with Gasteiger partial charge in [-0.05, 0) is 15.9 Å². The molecule has 0 aliphatic heterocycles. The summed E-state index contributed by atoms with van der Waals surface area (Å²) < 4.78 is 5.36. The Kier molecular flexibility index (Phi) is 6.62. The van der Waals surface area contributed by atoms with E-state index in [2.05, 4.69) is 79.6 Å². The van der Waals surface area contributed by atoms with E-state index < -0.39 is 0 Å². The van der Waals surface area contributed by atoms with Crippen molar-refractivity contribution >= 4 is 79.6 Å². The summed E-state index contributed by atoms with van der Waals surface area (Å²) in [6, 6.07) is 0. The summed E-state index contributed by atoms with van der Waals surface area (Å²) in [4.78, 5) is 0. The van der Waals surface area contributed by atoms with Gasteiger partial charge in [-0.1, -0.05) is 63.7 Å². The molecule has 0 bridgehead atoms. The summed E-state index contributed by atoms with van der Waals surface area (Å²) in [7, 11) is 1.59. The number of allylic oxidation sites excluding steroid dienone is 1. The second kappa shape index (κ2) is 5.62. The molecule has 0 aromatic carbocycles. The molecule has 0 aliphatic carbocycles. The highest BCUT2D eigenvalue weighted by atomic mass is 79.9. The van der Waals surface area contributed by atoms with Crippen LogP contribution in [0.4, 0.5) is 0 Å². The zero-order valence-corrected chi connectivity index (χ0v) is 13.4. The maximum atomic E-state index is 4.83. The molecule has 0 unspecified atom stereocenters. The van der Waals surface area contributed by atoms with Crippen LogP contribution in [0.2, 0.25) is 0 Å². The minimum absolute atomic E-state index is 0.0586. The van der Waals surface area contributed by atoms with Crippen molar-refractivity contribution in [1.29, 1.82) is 0 Å². The van der Waals surface area contributed by atoms with Gasteiger partial charge >= 0.3 is 0 Å². The van der Waals surface area contributed by atoms with Crippen LogP contribution in [0.25, 0.3) is 0 Å². The van der Waals surface area contributed by atoms with Gasteiger partial charge in [-0.3, -0.25) is 0 Å². The number of alkyl halides is 4. The standard InChI is InChI=1S/C5H5Br5O/c1-11-2-3(6)5(9,10)4(7)8/h2,4H,1H3/b3-2-. The first-order chi connectivity index (χ1) is 4.92. The molecular formula is C5H5Br5O. The van der Waals surface area contributed by atoms with Crippen LogP contribution in [0.15, 0.2) is 10.7 Å². The highest BCUT2D eigenvalue weighted by Crippen LogP contribution is 2.46. The van der Waals surface area contributed by atoms with Crippen molar-refractivity contribution in [3.8, 4) is 0 Å². The average Bonchev–Trinajstić information content (AvgIpc) is 1.88. The van der Waals surface area contributed by atoms with Crippen LogP contribution in [0.3, 0.4) is 0 Å². The predicted octanol–water partition coefficient (Wildman–Crippen LogP) is 4.47. The Morgan fingerprint density at radius 2 is 1.91 bits per heavy atom. The molecule has 0 rings (SSSR count). The lowest BCUT2D eigenvalue weighted by atomic mass is 10.5. The Labute approximate surface area is 108 Å². The van der Waals surface area contributed by atoms with Gasteiger partial charge in [0.25, 0.3) is 0 Å². The van der Waals surface area contributed by atoms with Gasteiger partial charge in [-0.15, -0.1) is 0 Å². The normalized spacial score (nSPS) is 13.9. The molecule has 0 fully saturated rings. The number of methoxy groups -OCH3 is 1. The maximum absolute atomic E-state index is 4.83. The van der Waals surface area contributed by atoms with Crippen molar-refractivity contribution in [3.05, 3.63) is 10.7 Å². The second-order valence-electron chi connectivity index (χ2n) is 1.63. The third-order valence-corrected chi connectivity index (χ3v) is 8.29. The third kappa shape index (κ3) is 4.11. The summed E-state index contributed by atoms with van der Waals surface area (Å²) >= 11 is 16.9. The average molecular weight is 481 g/mol. The van der Waals surface area contributed by atoms with Crippen LogP contribution in [0, 0.1) is 0 Å². The van der Waals surface area contributed by atoms with Gasteiger partial charge < -0.3 is 4.74 Å². The molecule has 0 aromatic heterocycles. The molecule has 0 atom stereocenters. The highest BCUT2D eigenvalue weighted by molar-refractivity contribution is 9.30. The molecule has 11 heavy (non-hydrogen) atoms. The molecule has 0 saturated carbocycles. The van der Waals surface area contributed by atoms with Crippen LogP contribution < -0.4 is 0 Å². The molecule has 1 nitrogen and oxygen atoms in total. The summed E-state index contributed by atoms with van der Waals surface area (Å²) in [6.07, 6.45) is 1.60. The van der Waals surface area contributed by atoms with Crippen LogP contribution in [0.5, 0.6) is 0 Å². The molecule has 66 valence electrons. The Hall–Kier alpha value is 1.94. The van der Waals surface area contributed by atoms with Gasteiger partial charge in [-0.25, -0.2) is 0 Å². The number of hydrogen-bond acceptors (Lipinski definition) is 1. The molecule has 0 radical (unpaired) electrons.